The average Bonchev–Trinajstić information content (AvgIpc) is 3.62. The number of hydrogen-bond donors (Lipinski definition) is 2. The lowest BCUT2D eigenvalue weighted by atomic mass is 9.96. The number of guanidine groups is 1. The molecule has 0 amide bonds. The van der Waals surface area contributed by atoms with E-state index in [-0.39, 0.29) is 5.41 Å². The van der Waals surface area contributed by atoms with Gasteiger partial charge in [0.05, 0.1) is 4.90 Å². The van der Waals surface area contributed by atoms with E-state index in [1.165, 1.54) is 18.4 Å². The first-order valence-corrected chi connectivity index (χ1v) is 12.6. The van der Waals surface area contributed by atoms with Crippen LogP contribution in [0.1, 0.15) is 43.2 Å². The first-order chi connectivity index (χ1) is 15.0. The lowest BCUT2D eigenvalue weighted by Crippen LogP contribution is -2.40. The minimum absolute atomic E-state index is 0.212. The van der Waals surface area contributed by atoms with Crippen molar-refractivity contribution in [3.8, 4) is 0 Å². The summed E-state index contributed by atoms with van der Waals surface area (Å²) >= 11 is 0. The second kappa shape index (κ2) is 9.40. The molecular formula is C24H32N4O2S. The van der Waals surface area contributed by atoms with E-state index in [0.717, 1.165) is 37.3 Å². The second-order valence-corrected chi connectivity index (χ2v) is 10.5. The first kappa shape index (κ1) is 21.8. The predicted molar refractivity (Wildman–Crippen MR) is 125 cm³/mol. The number of sulfonamides is 1. The molecular weight excluding hydrogens is 408 g/mol. The number of nitrogens with one attached hydrogen (secondary N) is 2. The van der Waals surface area contributed by atoms with Gasteiger partial charge in [0.1, 0.15) is 0 Å². The molecule has 7 heteroatoms. The molecule has 1 saturated carbocycles. The summed E-state index contributed by atoms with van der Waals surface area (Å²) in [5.41, 5.74) is 2.61. The van der Waals surface area contributed by atoms with Crippen LogP contribution >= 0.6 is 0 Å². The third-order valence-electron chi connectivity index (χ3n) is 6.39. The molecule has 1 aliphatic carbocycles. The highest BCUT2D eigenvalue weighted by Crippen LogP contribution is 2.47. The summed E-state index contributed by atoms with van der Waals surface area (Å²) in [5.74, 6) is 0.757. The molecule has 6 nitrogen and oxygen atoms in total. The largest absolute Gasteiger partial charge is 0.356 e. The fourth-order valence-electron chi connectivity index (χ4n) is 4.20. The first-order valence-electron chi connectivity index (χ1n) is 11.1. The van der Waals surface area contributed by atoms with Gasteiger partial charge in [-0.25, -0.2) is 8.42 Å². The van der Waals surface area contributed by atoms with Crippen molar-refractivity contribution in [1.82, 2.24) is 14.9 Å². The van der Waals surface area contributed by atoms with Crippen molar-refractivity contribution in [3.05, 3.63) is 65.7 Å². The van der Waals surface area contributed by atoms with E-state index in [1.807, 2.05) is 12.1 Å². The number of nitrogens with zero attached hydrogens (tertiary/aromatic N) is 2. The Kier molecular flexibility index (Phi) is 6.62. The molecule has 1 heterocycles. The van der Waals surface area contributed by atoms with Crippen molar-refractivity contribution in [1.29, 1.82) is 0 Å². The van der Waals surface area contributed by atoms with Gasteiger partial charge in [-0.3, -0.25) is 4.99 Å². The Morgan fingerprint density at radius 2 is 1.65 bits per heavy atom. The molecule has 1 saturated heterocycles. The molecule has 0 spiro atoms. The van der Waals surface area contributed by atoms with Crippen LogP contribution in [0.3, 0.4) is 0 Å². The van der Waals surface area contributed by atoms with Crippen LogP contribution in [0, 0.1) is 0 Å². The van der Waals surface area contributed by atoms with Gasteiger partial charge in [-0.15, -0.1) is 0 Å². The highest BCUT2D eigenvalue weighted by Gasteiger charge is 2.44. The zero-order chi connectivity index (χ0) is 21.7. The van der Waals surface area contributed by atoms with Gasteiger partial charge in [-0.2, -0.15) is 4.31 Å². The van der Waals surface area contributed by atoms with E-state index >= 15 is 0 Å². The van der Waals surface area contributed by atoms with E-state index in [4.69, 9.17) is 0 Å². The standard InChI is InChI=1S/C24H32N4O2S/c1-25-23(27-19-24(14-15-24)21-8-4-2-5-9-21)26-18-20-10-12-22(13-11-20)31(29,30)28-16-6-3-7-17-28/h2,4-5,8-13H,3,6-7,14-19H2,1H3,(H2,25,26,27). The van der Waals surface area contributed by atoms with E-state index in [2.05, 4.69) is 46.0 Å². The van der Waals surface area contributed by atoms with Gasteiger partial charge >= 0.3 is 0 Å². The number of hydrogen-bond acceptors (Lipinski definition) is 3. The van der Waals surface area contributed by atoms with Crippen LogP contribution in [-0.2, 0) is 22.0 Å². The summed E-state index contributed by atoms with van der Waals surface area (Å²) in [6, 6.07) is 17.8. The topological polar surface area (TPSA) is 73.8 Å². The molecule has 0 radical (unpaired) electrons. The highest BCUT2D eigenvalue weighted by molar-refractivity contribution is 7.89. The van der Waals surface area contributed by atoms with Gasteiger partial charge in [0.15, 0.2) is 5.96 Å². The smallest absolute Gasteiger partial charge is 0.243 e. The van der Waals surface area contributed by atoms with Gasteiger partial charge in [-0.05, 0) is 48.9 Å². The Morgan fingerprint density at radius 3 is 2.26 bits per heavy atom. The normalized spacial score (nSPS) is 19.1. The molecule has 0 aromatic heterocycles. The molecule has 31 heavy (non-hydrogen) atoms. The van der Waals surface area contributed by atoms with Crippen LogP contribution in [0.15, 0.2) is 64.5 Å². The molecule has 166 valence electrons. The Hall–Kier alpha value is -2.38. The summed E-state index contributed by atoms with van der Waals surface area (Å²) in [6.07, 6.45) is 5.37. The molecule has 0 atom stereocenters. The average molecular weight is 441 g/mol. The lowest BCUT2D eigenvalue weighted by Gasteiger charge is -2.25. The predicted octanol–water partition coefficient (Wildman–Crippen LogP) is 3.26. The maximum absolute atomic E-state index is 12.8. The number of aliphatic imine (C=N–C) groups is 1. The lowest BCUT2D eigenvalue weighted by molar-refractivity contribution is 0.346. The van der Waals surface area contributed by atoms with Gasteiger partial charge in [0.25, 0.3) is 0 Å². The fourth-order valence-corrected chi connectivity index (χ4v) is 5.72. The third kappa shape index (κ3) is 5.10. The van der Waals surface area contributed by atoms with Crippen LogP contribution in [0.2, 0.25) is 0 Å². The Balaban J connectivity index is 1.31. The van der Waals surface area contributed by atoms with Crippen molar-refractivity contribution in [2.45, 2.75) is 49.0 Å². The number of benzene rings is 2. The molecule has 4 rings (SSSR count). The van der Waals surface area contributed by atoms with E-state index in [9.17, 15) is 8.42 Å². The molecule has 1 aliphatic heterocycles. The third-order valence-corrected chi connectivity index (χ3v) is 8.31. The Labute approximate surface area is 185 Å². The van der Waals surface area contributed by atoms with Crippen molar-refractivity contribution in [2.75, 3.05) is 26.7 Å². The molecule has 2 fully saturated rings. The van der Waals surface area contributed by atoms with Crippen LogP contribution in [0.5, 0.6) is 0 Å². The van der Waals surface area contributed by atoms with Gasteiger partial charge in [0.2, 0.25) is 10.0 Å². The summed E-state index contributed by atoms with van der Waals surface area (Å²) in [5, 5.41) is 6.79. The van der Waals surface area contributed by atoms with E-state index < -0.39 is 10.0 Å². The second-order valence-electron chi connectivity index (χ2n) is 8.53. The van der Waals surface area contributed by atoms with E-state index in [1.54, 1.807) is 23.5 Å². The molecule has 2 aromatic rings. The van der Waals surface area contributed by atoms with E-state index in [0.29, 0.717) is 24.5 Å². The molecule has 2 N–H and O–H groups in total. The SMILES string of the molecule is CN=C(NCc1ccc(S(=O)(=O)N2CCCCC2)cc1)NCC1(c2ccccc2)CC1. The van der Waals surface area contributed by atoms with Crippen molar-refractivity contribution < 1.29 is 8.42 Å². The maximum Gasteiger partial charge on any atom is 0.243 e. The van der Waals surface area contributed by atoms with Gasteiger partial charge < -0.3 is 10.6 Å². The van der Waals surface area contributed by atoms with Crippen LogP contribution in [0.4, 0.5) is 0 Å². The molecule has 0 unspecified atom stereocenters. The Morgan fingerprint density at radius 1 is 0.968 bits per heavy atom. The monoisotopic (exact) mass is 440 g/mol. The summed E-state index contributed by atoms with van der Waals surface area (Å²) in [6.45, 7) is 2.68. The Bertz CT molecular complexity index is 994. The minimum Gasteiger partial charge on any atom is -0.356 e. The summed E-state index contributed by atoms with van der Waals surface area (Å²) < 4.78 is 27.2. The van der Waals surface area contributed by atoms with Crippen LogP contribution < -0.4 is 10.6 Å². The number of piperidine rings is 1. The zero-order valence-corrected chi connectivity index (χ0v) is 19.0. The van der Waals surface area contributed by atoms with Gasteiger partial charge in [-0.1, -0.05) is 48.9 Å². The highest BCUT2D eigenvalue weighted by atomic mass is 32.2. The quantitative estimate of drug-likeness (QED) is 0.512. The molecule has 2 aliphatic rings. The van der Waals surface area contributed by atoms with Gasteiger partial charge in [0, 0.05) is 38.6 Å². The van der Waals surface area contributed by atoms with Crippen LogP contribution in [-0.4, -0.2) is 45.4 Å². The minimum atomic E-state index is -3.38. The number of rotatable bonds is 7. The zero-order valence-electron chi connectivity index (χ0n) is 18.2. The summed E-state index contributed by atoms with van der Waals surface area (Å²) in [7, 11) is -1.61. The fraction of sp³-hybridized carbons (Fsp3) is 0.458. The van der Waals surface area contributed by atoms with Crippen molar-refractivity contribution in [3.63, 3.8) is 0 Å². The molecule has 2 aromatic carbocycles. The summed E-state index contributed by atoms with van der Waals surface area (Å²) in [4.78, 5) is 4.71. The van der Waals surface area contributed by atoms with Crippen LogP contribution in [0.25, 0.3) is 0 Å². The van der Waals surface area contributed by atoms with Crippen molar-refractivity contribution in [2.24, 2.45) is 4.99 Å². The van der Waals surface area contributed by atoms with Crippen molar-refractivity contribution >= 4 is 16.0 Å². The molecule has 0 bridgehead atoms. The maximum atomic E-state index is 12.8.